The fourth-order valence-electron chi connectivity index (χ4n) is 1.94. The summed E-state index contributed by atoms with van der Waals surface area (Å²) in [5.74, 6) is -2.61. The van der Waals surface area contributed by atoms with Crippen LogP contribution in [0.3, 0.4) is 0 Å². The fraction of sp³-hybridized carbons (Fsp3) is 0.235. The highest BCUT2D eigenvalue weighted by molar-refractivity contribution is 7.89. The first-order chi connectivity index (χ1) is 11.7. The van der Waals surface area contributed by atoms with Gasteiger partial charge in [-0.15, -0.1) is 0 Å². The minimum absolute atomic E-state index is 0.0499. The van der Waals surface area contributed by atoms with Gasteiger partial charge in [0.2, 0.25) is 10.0 Å². The smallest absolute Gasteiger partial charge is 0.255 e. The van der Waals surface area contributed by atoms with E-state index in [1.54, 1.807) is 0 Å². The lowest BCUT2D eigenvalue weighted by Gasteiger charge is -2.10. The Morgan fingerprint density at radius 3 is 2.44 bits per heavy atom. The van der Waals surface area contributed by atoms with E-state index in [0.29, 0.717) is 0 Å². The zero-order valence-electron chi connectivity index (χ0n) is 13.7. The van der Waals surface area contributed by atoms with E-state index in [4.69, 9.17) is 0 Å². The van der Waals surface area contributed by atoms with Crippen LogP contribution in [0.4, 0.5) is 14.5 Å². The number of amides is 1. The summed E-state index contributed by atoms with van der Waals surface area (Å²) in [7, 11) is -3.74. The topological polar surface area (TPSA) is 75.3 Å². The normalized spacial score (nSPS) is 11.6. The van der Waals surface area contributed by atoms with Crippen molar-refractivity contribution in [2.45, 2.75) is 18.7 Å². The molecule has 0 atom stereocenters. The Bertz CT molecular complexity index is 883. The molecule has 0 fully saturated rings. The molecule has 0 saturated carbocycles. The number of hydrogen-bond acceptors (Lipinski definition) is 3. The second-order valence-corrected chi connectivity index (χ2v) is 7.62. The fourth-order valence-corrected chi connectivity index (χ4v) is 3.20. The van der Waals surface area contributed by atoms with E-state index in [0.717, 1.165) is 12.1 Å². The molecule has 2 N–H and O–H groups in total. The molecule has 0 aromatic heterocycles. The standard InChI is InChI=1S/C17H18F2N2O3S/c1-11(2)10-20-25(23,24)14-5-3-4-12(8-14)17(22)21-13-6-7-15(18)16(19)9-13/h3-9,11,20H,10H2,1-2H3,(H,21,22). The maximum Gasteiger partial charge on any atom is 0.255 e. The Labute approximate surface area is 145 Å². The molecule has 2 aromatic rings. The Hall–Kier alpha value is -2.32. The number of anilines is 1. The molecule has 0 aliphatic rings. The van der Waals surface area contributed by atoms with Gasteiger partial charge < -0.3 is 5.32 Å². The van der Waals surface area contributed by atoms with Crippen LogP contribution < -0.4 is 10.0 Å². The number of carbonyl (C=O) groups excluding carboxylic acids is 1. The second-order valence-electron chi connectivity index (χ2n) is 5.86. The first kappa shape index (κ1) is 19.0. The zero-order valence-corrected chi connectivity index (χ0v) is 14.5. The summed E-state index contributed by atoms with van der Waals surface area (Å²) in [5.41, 5.74) is 0.146. The number of carbonyl (C=O) groups is 1. The van der Waals surface area contributed by atoms with Gasteiger partial charge >= 0.3 is 0 Å². The van der Waals surface area contributed by atoms with Crippen LogP contribution in [0.1, 0.15) is 24.2 Å². The lowest BCUT2D eigenvalue weighted by Crippen LogP contribution is -2.27. The number of sulfonamides is 1. The van der Waals surface area contributed by atoms with Crippen LogP contribution >= 0.6 is 0 Å². The number of nitrogens with one attached hydrogen (secondary N) is 2. The molecule has 2 aromatic carbocycles. The highest BCUT2D eigenvalue weighted by Crippen LogP contribution is 2.16. The quantitative estimate of drug-likeness (QED) is 0.822. The minimum Gasteiger partial charge on any atom is -0.322 e. The van der Waals surface area contributed by atoms with Crippen LogP contribution in [0.5, 0.6) is 0 Å². The molecule has 0 bridgehead atoms. The summed E-state index contributed by atoms with van der Waals surface area (Å²) in [5, 5.41) is 2.39. The van der Waals surface area contributed by atoms with Gasteiger partial charge in [0, 0.05) is 23.9 Å². The molecule has 0 aliphatic carbocycles. The summed E-state index contributed by atoms with van der Waals surface area (Å²) in [4.78, 5) is 12.2. The van der Waals surface area contributed by atoms with E-state index in [9.17, 15) is 22.0 Å². The summed E-state index contributed by atoms with van der Waals surface area (Å²) >= 11 is 0. The van der Waals surface area contributed by atoms with Crippen LogP contribution in [-0.2, 0) is 10.0 Å². The minimum atomic E-state index is -3.74. The van der Waals surface area contributed by atoms with Crippen molar-refractivity contribution in [2.24, 2.45) is 5.92 Å². The molecular formula is C17H18F2N2O3S. The van der Waals surface area contributed by atoms with Gasteiger partial charge in [0.1, 0.15) is 0 Å². The molecule has 25 heavy (non-hydrogen) atoms. The highest BCUT2D eigenvalue weighted by atomic mass is 32.2. The Kier molecular flexibility index (Phi) is 5.86. The van der Waals surface area contributed by atoms with Crippen LogP contribution in [0, 0.1) is 17.6 Å². The average Bonchev–Trinajstić information content (AvgIpc) is 2.56. The number of hydrogen-bond donors (Lipinski definition) is 2. The van der Waals surface area contributed by atoms with Crippen LogP contribution in [-0.4, -0.2) is 20.9 Å². The van der Waals surface area contributed by atoms with Crippen molar-refractivity contribution < 1.29 is 22.0 Å². The SMILES string of the molecule is CC(C)CNS(=O)(=O)c1cccc(C(=O)Nc2ccc(F)c(F)c2)c1. The van der Waals surface area contributed by atoms with Crippen molar-refractivity contribution in [1.29, 1.82) is 0 Å². The molecular weight excluding hydrogens is 350 g/mol. The average molecular weight is 368 g/mol. The van der Waals surface area contributed by atoms with E-state index in [1.165, 1.54) is 30.3 Å². The van der Waals surface area contributed by atoms with Crippen molar-refractivity contribution in [3.05, 3.63) is 59.7 Å². The van der Waals surface area contributed by atoms with E-state index < -0.39 is 27.6 Å². The van der Waals surface area contributed by atoms with Gasteiger partial charge in [0.25, 0.3) is 5.91 Å². The highest BCUT2D eigenvalue weighted by Gasteiger charge is 2.17. The third kappa shape index (κ3) is 5.07. The Balaban J connectivity index is 2.19. The van der Waals surface area contributed by atoms with Gasteiger partial charge in [-0.05, 0) is 36.2 Å². The molecule has 2 rings (SSSR count). The lowest BCUT2D eigenvalue weighted by atomic mass is 10.2. The molecule has 0 aliphatic heterocycles. The molecule has 0 unspecified atom stereocenters. The van der Waals surface area contributed by atoms with Crippen molar-refractivity contribution in [3.8, 4) is 0 Å². The van der Waals surface area contributed by atoms with Gasteiger partial charge in [-0.3, -0.25) is 4.79 Å². The van der Waals surface area contributed by atoms with Gasteiger partial charge in [-0.1, -0.05) is 19.9 Å². The van der Waals surface area contributed by atoms with Gasteiger partial charge in [-0.2, -0.15) is 0 Å². The summed E-state index contributed by atoms with van der Waals surface area (Å²) in [6.07, 6.45) is 0. The first-order valence-electron chi connectivity index (χ1n) is 7.55. The van der Waals surface area contributed by atoms with E-state index in [2.05, 4.69) is 10.0 Å². The van der Waals surface area contributed by atoms with Crippen molar-refractivity contribution in [1.82, 2.24) is 4.72 Å². The third-order valence-electron chi connectivity index (χ3n) is 3.27. The third-order valence-corrected chi connectivity index (χ3v) is 4.69. The molecule has 8 heteroatoms. The summed E-state index contributed by atoms with van der Waals surface area (Å²) in [6.45, 7) is 4.01. The maximum atomic E-state index is 13.2. The number of rotatable bonds is 6. The summed E-state index contributed by atoms with van der Waals surface area (Å²) in [6, 6.07) is 8.40. The lowest BCUT2D eigenvalue weighted by molar-refractivity contribution is 0.102. The van der Waals surface area contributed by atoms with Crippen molar-refractivity contribution >= 4 is 21.6 Å². The monoisotopic (exact) mass is 368 g/mol. The largest absolute Gasteiger partial charge is 0.322 e. The van der Waals surface area contributed by atoms with Gasteiger partial charge in [0.15, 0.2) is 11.6 Å². The van der Waals surface area contributed by atoms with Crippen molar-refractivity contribution in [3.63, 3.8) is 0 Å². The molecule has 5 nitrogen and oxygen atoms in total. The second kappa shape index (κ2) is 7.71. The van der Waals surface area contributed by atoms with Gasteiger partial charge in [0.05, 0.1) is 4.90 Å². The van der Waals surface area contributed by atoms with Gasteiger partial charge in [-0.25, -0.2) is 21.9 Å². The van der Waals surface area contributed by atoms with E-state index in [-0.39, 0.29) is 28.6 Å². The molecule has 1 amide bonds. The molecule has 134 valence electrons. The molecule has 0 saturated heterocycles. The zero-order chi connectivity index (χ0) is 18.6. The maximum absolute atomic E-state index is 13.2. The predicted molar refractivity (Wildman–Crippen MR) is 90.8 cm³/mol. The molecule has 0 spiro atoms. The predicted octanol–water partition coefficient (Wildman–Crippen LogP) is 3.15. The molecule has 0 heterocycles. The van der Waals surface area contributed by atoms with E-state index >= 15 is 0 Å². The Morgan fingerprint density at radius 1 is 1.08 bits per heavy atom. The van der Waals surface area contributed by atoms with E-state index in [1.807, 2.05) is 13.8 Å². The summed E-state index contributed by atoms with van der Waals surface area (Å²) < 4.78 is 53.0. The number of halogens is 2. The van der Waals surface area contributed by atoms with Crippen molar-refractivity contribution in [2.75, 3.05) is 11.9 Å². The van der Waals surface area contributed by atoms with Crippen LogP contribution in [0.15, 0.2) is 47.4 Å². The number of benzene rings is 2. The molecule has 0 radical (unpaired) electrons. The van der Waals surface area contributed by atoms with Crippen LogP contribution in [0.2, 0.25) is 0 Å². The van der Waals surface area contributed by atoms with Crippen LogP contribution in [0.25, 0.3) is 0 Å². The Morgan fingerprint density at radius 2 is 1.80 bits per heavy atom. The first-order valence-corrected chi connectivity index (χ1v) is 9.03.